The zero-order valence-corrected chi connectivity index (χ0v) is 22.6. The van der Waals surface area contributed by atoms with Crippen molar-refractivity contribution in [3.8, 4) is 11.5 Å². The van der Waals surface area contributed by atoms with Crippen molar-refractivity contribution in [1.29, 1.82) is 0 Å². The van der Waals surface area contributed by atoms with Crippen molar-refractivity contribution in [2.24, 2.45) is 5.92 Å². The highest BCUT2D eigenvalue weighted by Gasteiger charge is 2.26. The number of oxazole rings is 1. The minimum absolute atomic E-state index is 0.0978. The van der Waals surface area contributed by atoms with E-state index in [0.717, 1.165) is 82.0 Å². The second-order valence-corrected chi connectivity index (χ2v) is 10.4. The number of hydrogen-bond donors (Lipinski definition) is 1. The van der Waals surface area contributed by atoms with Gasteiger partial charge in [-0.25, -0.2) is 4.98 Å². The number of hydrogen-bond acceptors (Lipinski definition) is 5. The van der Waals surface area contributed by atoms with Gasteiger partial charge in [-0.3, -0.25) is 14.6 Å². The second-order valence-electron chi connectivity index (χ2n) is 9.97. The number of aromatic nitrogens is 1. The number of aryl methyl sites for hydroxylation is 1. The van der Waals surface area contributed by atoms with E-state index in [2.05, 4.69) is 47.2 Å². The van der Waals surface area contributed by atoms with Crippen LogP contribution in [0.25, 0.3) is 11.5 Å². The first-order valence-corrected chi connectivity index (χ1v) is 13.6. The molecule has 1 fully saturated rings. The number of nitrogens with one attached hydrogen (secondary N) is 1. The van der Waals surface area contributed by atoms with Crippen LogP contribution >= 0.6 is 11.6 Å². The number of benzene rings is 1. The highest BCUT2D eigenvalue weighted by Crippen LogP contribution is 2.25. The lowest BCUT2D eigenvalue weighted by atomic mass is 9.95. The van der Waals surface area contributed by atoms with E-state index in [-0.39, 0.29) is 11.8 Å². The molecule has 1 aliphatic heterocycles. The molecule has 1 aromatic heterocycles. The molecule has 1 saturated heterocycles. The molecule has 1 amide bonds. The number of rotatable bonds is 10. The Balaban J connectivity index is 1.18. The van der Waals surface area contributed by atoms with Gasteiger partial charge in [-0.1, -0.05) is 42.3 Å². The fourth-order valence-electron chi connectivity index (χ4n) is 5.13. The summed E-state index contributed by atoms with van der Waals surface area (Å²) < 4.78 is 5.91. The van der Waals surface area contributed by atoms with Crippen molar-refractivity contribution >= 4 is 17.5 Å². The molecule has 2 heterocycles. The summed E-state index contributed by atoms with van der Waals surface area (Å²) in [5.41, 5.74) is 3.22. The highest BCUT2D eigenvalue weighted by molar-refractivity contribution is 6.30. The summed E-state index contributed by atoms with van der Waals surface area (Å²) in [6, 6.07) is 8.02. The first kappa shape index (κ1) is 26.6. The smallest absolute Gasteiger partial charge is 0.226 e. The minimum atomic E-state index is 0.0978. The van der Waals surface area contributed by atoms with Crippen molar-refractivity contribution in [1.82, 2.24) is 20.1 Å². The van der Waals surface area contributed by atoms with Crippen LogP contribution < -0.4 is 5.32 Å². The van der Waals surface area contributed by atoms with E-state index in [0.29, 0.717) is 17.0 Å². The monoisotopic (exact) mass is 510 g/mol. The predicted octanol–water partition coefficient (Wildman–Crippen LogP) is 5.62. The summed E-state index contributed by atoms with van der Waals surface area (Å²) in [6.07, 6.45) is 10.6. The fourth-order valence-corrected chi connectivity index (χ4v) is 5.25. The normalized spacial score (nSPS) is 19.0. The molecular weight excluding hydrogens is 472 g/mol. The summed E-state index contributed by atoms with van der Waals surface area (Å²) in [6.45, 7) is 11.6. The highest BCUT2D eigenvalue weighted by atomic mass is 35.5. The van der Waals surface area contributed by atoms with Gasteiger partial charge in [0, 0.05) is 42.2 Å². The van der Waals surface area contributed by atoms with Gasteiger partial charge in [0.25, 0.3) is 0 Å². The average Bonchev–Trinajstić information content (AvgIpc) is 3.24. The van der Waals surface area contributed by atoms with E-state index in [1.54, 1.807) is 0 Å². The third-order valence-electron chi connectivity index (χ3n) is 7.33. The summed E-state index contributed by atoms with van der Waals surface area (Å²) in [5.74, 6) is 1.77. The van der Waals surface area contributed by atoms with Crippen LogP contribution in [0.2, 0.25) is 5.02 Å². The molecule has 1 aliphatic carbocycles. The van der Waals surface area contributed by atoms with Gasteiger partial charge in [0.15, 0.2) is 0 Å². The van der Waals surface area contributed by atoms with Crippen molar-refractivity contribution in [3.05, 3.63) is 64.5 Å². The van der Waals surface area contributed by atoms with Crippen molar-refractivity contribution < 1.29 is 9.21 Å². The Bertz CT molecular complexity index is 1070. The Morgan fingerprint density at radius 1 is 1.22 bits per heavy atom. The topological polar surface area (TPSA) is 61.6 Å². The van der Waals surface area contributed by atoms with Crippen LogP contribution in [0.5, 0.6) is 0 Å². The molecule has 0 saturated carbocycles. The number of nitrogens with zero attached hydrogens (tertiary/aromatic N) is 3. The summed E-state index contributed by atoms with van der Waals surface area (Å²) in [4.78, 5) is 22.4. The molecule has 36 heavy (non-hydrogen) atoms. The molecule has 1 atom stereocenters. The van der Waals surface area contributed by atoms with E-state index >= 15 is 0 Å². The van der Waals surface area contributed by atoms with Gasteiger partial charge in [-0.15, -0.1) is 0 Å². The van der Waals surface area contributed by atoms with Gasteiger partial charge in [0.2, 0.25) is 11.8 Å². The predicted molar refractivity (Wildman–Crippen MR) is 146 cm³/mol. The number of piperidine rings is 1. The molecule has 194 valence electrons. The third-order valence-corrected chi connectivity index (χ3v) is 7.58. The zero-order chi connectivity index (χ0) is 25.5. The Morgan fingerprint density at radius 2 is 1.97 bits per heavy atom. The van der Waals surface area contributed by atoms with Gasteiger partial charge < -0.3 is 9.73 Å². The maximum Gasteiger partial charge on any atom is 0.226 e. The number of allylic oxidation sites excluding steroid dienone is 2. The maximum atomic E-state index is 12.8. The van der Waals surface area contributed by atoms with E-state index < -0.39 is 0 Å². The van der Waals surface area contributed by atoms with E-state index in [1.807, 2.05) is 31.2 Å². The van der Waals surface area contributed by atoms with Crippen LogP contribution in [0.15, 0.2) is 52.5 Å². The molecule has 0 spiro atoms. The number of likely N-dealkylation sites (N-methyl/N-ethyl adjacent to an activating group) is 1. The van der Waals surface area contributed by atoms with Crippen molar-refractivity contribution in [2.45, 2.75) is 59.0 Å². The number of amides is 1. The summed E-state index contributed by atoms with van der Waals surface area (Å²) >= 11 is 5.99. The fraction of sp³-hybridized carbons (Fsp3) is 0.517. The van der Waals surface area contributed by atoms with Gasteiger partial charge in [-0.2, -0.15) is 0 Å². The number of likely N-dealkylation sites (tertiary alicyclic amines) is 1. The largest absolute Gasteiger partial charge is 0.441 e. The third kappa shape index (κ3) is 7.09. The van der Waals surface area contributed by atoms with Crippen LogP contribution in [-0.4, -0.2) is 59.5 Å². The molecule has 7 heteroatoms. The Morgan fingerprint density at radius 3 is 2.67 bits per heavy atom. The average molecular weight is 511 g/mol. The van der Waals surface area contributed by atoms with Crippen molar-refractivity contribution in [2.75, 3.05) is 32.7 Å². The number of halogens is 1. The molecular formula is C29H39ClN4O2. The molecule has 4 rings (SSSR count). The van der Waals surface area contributed by atoms with Crippen LogP contribution in [0.4, 0.5) is 0 Å². The standard InChI is InChI=1S/C29H39ClN4O2/c1-4-34(26-8-5-7-21(2)19-26)16-6-15-31-28(35)23-13-17-33(18-14-23)20-27-22(3)36-29(32-27)24-9-11-25(30)12-10-24/h5,7,9-12,19,23,26H,4,6,8,13-18,20H2,1-3H3,(H,31,35). The molecule has 0 radical (unpaired) electrons. The summed E-state index contributed by atoms with van der Waals surface area (Å²) in [5, 5.41) is 3.89. The molecule has 1 N–H and O–H groups in total. The van der Waals surface area contributed by atoms with Gasteiger partial charge in [-0.05, 0) is 83.4 Å². The van der Waals surface area contributed by atoms with Crippen LogP contribution in [0.1, 0.15) is 51.0 Å². The van der Waals surface area contributed by atoms with E-state index in [9.17, 15) is 4.79 Å². The molecule has 1 unspecified atom stereocenters. The molecule has 1 aromatic carbocycles. The van der Waals surface area contributed by atoms with Crippen molar-refractivity contribution in [3.63, 3.8) is 0 Å². The summed E-state index contributed by atoms with van der Waals surface area (Å²) in [7, 11) is 0. The lowest BCUT2D eigenvalue weighted by Crippen LogP contribution is -2.41. The zero-order valence-electron chi connectivity index (χ0n) is 21.8. The van der Waals surface area contributed by atoms with E-state index in [1.165, 1.54) is 5.57 Å². The molecule has 2 aromatic rings. The van der Waals surface area contributed by atoms with Gasteiger partial charge in [0.1, 0.15) is 5.76 Å². The maximum absolute atomic E-state index is 12.8. The quantitative estimate of drug-likeness (QED) is 0.420. The number of carbonyl (C=O) groups excluding carboxylic acids is 1. The molecule has 2 aliphatic rings. The Kier molecular flexibility index (Phi) is 9.41. The Hall–Kier alpha value is -2.41. The van der Waals surface area contributed by atoms with Crippen LogP contribution in [0.3, 0.4) is 0 Å². The molecule has 6 nitrogen and oxygen atoms in total. The van der Waals surface area contributed by atoms with Gasteiger partial charge >= 0.3 is 0 Å². The SMILES string of the molecule is CCN(CCCNC(=O)C1CCN(Cc2nc(-c3ccc(Cl)cc3)oc2C)CC1)C1C=C(C)C=CC1. The van der Waals surface area contributed by atoms with Crippen LogP contribution in [-0.2, 0) is 11.3 Å². The van der Waals surface area contributed by atoms with Crippen LogP contribution in [0, 0.1) is 12.8 Å². The minimum Gasteiger partial charge on any atom is -0.441 e. The second kappa shape index (κ2) is 12.7. The number of carbonyl (C=O) groups is 1. The Labute approximate surface area is 220 Å². The van der Waals surface area contributed by atoms with E-state index in [4.69, 9.17) is 21.0 Å². The lowest BCUT2D eigenvalue weighted by molar-refractivity contribution is -0.126. The lowest BCUT2D eigenvalue weighted by Gasteiger charge is -2.31. The first-order chi connectivity index (χ1) is 17.4. The first-order valence-electron chi connectivity index (χ1n) is 13.2. The van der Waals surface area contributed by atoms with Gasteiger partial charge in [0.05, 0.1) is 5.69 Å². The molecule has 0 bridgehead atoms.